The monoisotopic (exact) mass is 392 g/mol. The number of methoxy groups -OCH3 is 1. The van der Waals surface area contributed by atoms with Gasteiger partial charge >= 0.3 is 6.09 Å². The molecule has 26 heavy (non-hydrogen) atoms. The Kier molecular flexibility index (Phi) is 6.82. The maximum atomic E-state index is 12.5. The van der Waals surface area contributed by atoms with Crippen LogP contribution in [0.4, 0.5) is 9.80 Å². The summed E-state index contributed by atoms with van der Waals surface area (Å²) in [4.78, 5) is 38.1. The zero-order chi connectivity index (χ0) is 19.3. The van der Waals surface area contributed by atoms with E-state index in [1.165, 1.54) is 18.4 Å². The molecule has 0 atom stereocenters. The number of aryl methyl sites for hydroxylation is 1. The first-order chi connectivity index (χ1) is 12.4. The molecule has 1 heterocycles. The van der Waals surface area contributed by atoms with Crippen LogP contribution in [0.1, 0.15) is 38.1 Å². The number of amides is 3. The Labute approximate surface area is 160 Å². The number of imide groups is 1. The molecule has 0 aliphatic carbocycles. The Morgan fingerprint density at radius 1 is 1.12 bits per heavy atom. The van der Waals surface area contributed by atoms with Gasteiger partial charge in [-0.15, -0.1) is 23.1 Å². The van der Waals surface area contributed by atoms with E-state index in [1.807, 2.05) is 19.1 Å². The maximum absolute atomic E-state index is 12.5. The van der Waals surface area contributed by atoms with Crippen molar-refractivity contribution in [3.63, 3.8) is 0 Å². The molecule has 0 aliphatic rings. The zero-order valence-corrected chi connectivity index (χ0v) is 16.6. The molecule has 0 radical (unpaired) electrons. The van der Waals surface area contributed by atoms with Crippen molar-refractivity contribution in [2.45, 2.75) is 25.7 Å². The summed E-state index contributed by atoms with van der Waals surface area (Å²) in [5.41, 5.74) is 1.47. The molecule has 2 N–H and O–H groups in total. The Bertz CT molecular complexity index is 828. The molecule has 3 amide bonds. The first-order valence-corrected chi connectivity index (χ1v) is 9.71. The van der Waals surface area contributed by atoms with Gasteiger partial charge in [-0.25, -0.2) is 4.79 Å². The van der Waals surface area contributed by atoms with Crippen LogP contribution in [-0.2, 0) is 4.74 Å². The lowest BCUT2D eigenvalue weighted by molar-refractivity contribution is 0.0937. The van der Waals surface area contributed by atoms with Gasteiger partial charge in [0.1, 0.15) is 5.00 Å². The molecule has 0 bridgehead atoms. The number of carbonyl (C=O) groups excluding carboxylic acids is 3. The lowest BCUT2D eigenvalue weighted by Crippen LogP contribution is -2.31. The topological polar surface area (TPSA) is 84.5 Å². The van der Waals surface area contributed by atoms with Gasteiger partial charge < -0.3 is 10.1 Å². The van der Waals surface area contributed by atoms with Crippen LogP contribution in [0.25, 0.3) is 0 Å². The van der Waals surface area contributed by atoms with Gasteiger partial charge in [0.15, 0.2) is 0 Å². The van der Waals surface area contributed by atoms with Gasteiger partial charge in [0, 0.05) is 15.3 Å². The fourth-order valence-electron chi connectivity index (χ4n) is 2.24. The van der Waals surface area contributed by atoms with Crippen molar-refractivity contribution in [2.24, 2.45) is 0 Å². The lowest BCUT2D eigenvalue weighted by atomic mass is 10.1. The SMILES string of the molecule is CCSc1ccc(C(=O)Nc2sc(C)c(C)c2C(=O)NC(=O)OC)cc1. The van der Waals surface area contributed by atoms with Crippen LogP contribution in [0.3, 0.4) is 0 Å². The maximum Gasteiger partial charge on any atom is 0.413 e. The van der Waals surface area contributed by atoms with E-state index in [2.05, 4.69) is 22.3 Å². The highest BCUT2D eigenvalue weighted by Gasteiger charge is 2.23. The van der Waals surface area contributed by atoms with E-state index in [-0.39, 0.29) is 11.5 Å². The molecular weight excluding hydrogens is 372 g/mol. The molecule has 0 aliphatic heterocycles. The van der Waals surface area contributed by atoms with Crippen LogP contribution in [-0.4, -0.2) is 30.8 Å². The van der Waals surface area contributed by atoms with Crippen molar-refractivity contribution in [1.82, 2.24) is 5.32 Å². The van der Waals surface area contributed by atoms with Crippen LogP contribution >= 0.6 is 23.1 Å². The van der Waals surface area contributed by atoms with E-state index < -0.39 is 12.0 Å². The second kappa shape index (κ2) is 8.86. The van der Waals surface area contributed by atoms with Crippen molar-refractivity contribution in [2.75, 3.05) is 18.2 Å². The normalized spacial score (nSPS) is 10.3. The lowest BCUT2D eigenvalue weighted by Gasteiger charge is -2.08. The third-order valence-electron chi connectivity index (χ3n) is 3.67. The van der Waals surface area contributed by atoms with Crippen molar-refractivity contribution < 1.29 is 19.1 Å². The number of anilines is 1. The quantitative estimate of drug-likeness (QED) is 0.744. The summed E-state index contributed by atoms with van der Waals surface area (Å²) in [5, 5.41) is 5.30. The van der Waals surface area contributed by atoms with Gasteiger partial charge in [0.05, 0.1) is 12.7 Å². The second-order valence-corrected chi connectivity index (χ2v) is 7.91. The van der Waals surface area contributed by atoms with Crippen LogP contribution in [0.15, 0.2) is 29.2 Å². The summed E-state index contributed by atoms with van der Waals surface area (Å²) in [7, 11) is 1.18. The molecule has 1 aromatic heterocycles. The predicted molar refractivity (Wildman–Crippen MR) is 104 cm³/mol. The van der Waals surface area contributed by atoms with Crippen LogP contribution in [0.5, 0.6) is 0 Å². The third kappa shape index (κ3) is 4.64. The van der Waals surface area contributed by atoms with Gasteiger partial charge in [-0.05, 0) is 49.4 Å². The molecule has 6 nitrogen and oxygen atoms in total. The third-order valence-corrected chi connectivity index (χ3v) is 5.68. The Morgan fingerprint density at radius 3 is 2.35 bits per heavy atom. The molecule has 138 valence electrons. The molecule has 1 aromatic carbocycles. The molecule has 0 saturated carbocycles. The van der Waals surface area contributed by atoms with Crippen LogP contribution in [0, 0.1) is 13.8 Å². The zero-order valence-electron chi connectivity index (χ0n) is 15.0. The molecule has 0 unspecified atom stereocenters. The van der Waals surface area contributed by atoms with Gasteiger partial charge in [0.25, 0.3) is 11.8 Å². The largest absolute Gasteiger partial charge is 0.453 e. The average molecular weight is 393 g/mol. The molecule has 2 aromatic rings. The summed E-state index contributed by atoms with van der Waals surface area (Å²) in [5.74, 6) is 0.0351. The Balaban J connectivity index is 2.23. The van der Waals surface area contributed by atoms with E-state index in [0.29, 0.717) is 16.1 Å². The Morgan fingerprint density at radius 2 is 1.77 bits per heavy atom. The van der Waals surface area contributed by atoms with Crippen molar-refractivity contribution in [1.29, 1.82) is 0 Å². The number of hydrogen-bond acceptors (Lipinski definition) is 6. The molecule has 0 saturated heterocycles. The summed E-state index contributed by atoms with van der Waals surface area (Å²) in [6.45, 7) is 5.68. The minimum absolute atomic E-state index is 0.268. The highest BCUT2D eigenvalue weighted by Crippen LogP contribution is 2.32. The van der Waals surface area contributed by atoms with Crippen molar-refractivity contribution in [3.05, 3.63) is 45.8 Å². The second-order valence-electron chi connectivity index (χ2n) is 5.34. The first-order valence-electron chi connectivity index (χ1n) is 7.90. The van der Waals surface area contributed by atoms with E-state index in [9.17, 15) is 14.4 Å². The van der Waals surface area contributed by atoms with Gasteiger partial charge in [-0.2, -0.15) is 0 Å². The van der Waals surface area contributed by atoms with Gasteiger partial charge in [-0.3, -0.25) is 14.9 Å². The minimum Gasteiger partial charge on any atom is -0.453 e. The van der Waals surface area contributed by atoms with E-state index >= 15 is 0 Å². The number of thioether (sulfide) groups is 1. The Hall–Kier alpha value is -2.32. The van der Waals surface area contributed by atoms with Gasteiger partial charge in [-0.1, -0.05) is 6.92 Å². The standard InChI is InChI=1S/C18H20N2O4S2/c1-5-25-13-8-6-12(7-9-13)15(21)19-17-14(10(2)11(3)26-17)16(22)20-18(23)24-4/h6-9H,5H2,1-4H3,(H,19,21)(H,20,22,23). The predicted octanol–water partition coefficient (Wildman–Crippen LogP) is 4.23. The van der Waals surface area contributed by atoms with Crippen LogP contribution in [0.2, 0.25) is 0 Å². The number of alkyl carbamates (subject to hydrolysis) is 1. The van der Waals surface area contributed by atoms with Crippen molar-refractivity contribution >= 4 is 46.0 Å². The van der Waals surface area contributed by atoms with Crippen LogP contribution < -0.4 is 10.6 Å². The summed E-state index contributed by atoms with van der Waals surface area (Å²) in [6, 6.07) is 7.27. The highest BCUT2D eigenvalue weighted by molar-refractivity contribution is 7.99. The number of nitrogens with one attached hydrogen (secondary N) is 2. The van der Waals surface area contributed by atoms with E-state index in [1.54, 1.807) is 30.8 Å². The molecular formula is C18H20N2O4S2. The number of benzene rings is 1. The smallest absolute Gasteiger partial charge is 0.413 e. The average Bonchev–Trinajstić information content (AvgIpc) is 2.89. The molecule has 8 heteroatoms. The summed E-state index contributed by atoms with van der Waals surface area (Å²) in [6.07, 6.45) is -0.848. The highest BCUT2D eigenvalue weighted by atomic mass is 32.2. The fraction of sp³-hybridized carbons (Fsp3) is 0.278. The van der Waals surface area contributed by atoms with E-state index in [4.69, 9.17) is 0 Å². The minimum atomic E-state index is -0.848. The van der Waals surface area contributed by atoms with E-state index in [0.717, 1.165) is 15.5 Å². The fourth-order valence-corrected chi connectivity index (χ4v) is 3.95. The number of ether oxygens (including phenoxy) is 1. The number of rotatable bonds is 5. The van der Waals surface area contributed by atoms with Crippen molar-refractivity contribution in [3.8, 4) is 0 Å². The first kappa shape index (κ1) is 20.0. The molecule has 2 rings (SSSR count). The molecule has 0 fully saturated rings. The number of carbonyl (C=O) groups is 3. The number of hydrogen-bond donors (Lipinski definition) is 2. The summed E-state index contributed by atoms with van der Waals surface area (Å²) >= 11 is 2.98. The molecule has 0 spiro atoms. The number of thiophene rings is 1. The van der Waals surface area contributed by atoms with Gasteiger partial charge in [0.2, 0.25) is 0 Å². The summed E-state index contributed by atoms with van der Waals surface area (Å²) < 4.78 is 4.45.